The molecule has 0 aliphatic rings. The number of hydrogen-bond acceptors (Lipinski definition) is 5. The highest BCUT2D eigenvalue weighted by Gasteiger charge is 2.37. The number of hydrogen-bond donors (Lipinski definition) is 10. The molecule has 0 radical (unpaired) electrons. The second-order valence-corrected chi connectivity index (χ2v) is 13.8. The molecular formula is C33H54F6N10O5. The van der Waals surface area contributed by atoms with Crippen molar-refractivity contribution in [1.29, 1.82) is 0 Å². The lowest BCUT2D eigenvalue weighted by molar-refractivity contribution is -0.143. The average molecular weight is 785 g/mol. The van der Waals surface area contributed by atoms with E-state index in [-0.39, 0.29) is 62.1 Å². The summed E-state index contributed by atoms with van der Waals surface area (Å²) in [5.74, 6) is -0.140. The molecule has 308 valence electrons. The third-order valence-corrected chi connectivity index (χ3v) is 7.83. The molecule has 1 rings (SSSR count). The van der Waals surface area contributed by atoms with Crippen LogP contribution in [0.25, 0.3) is 0 Å². The second kappa shape index (κ2) is 21.8. The first kappa shape index (κ1) is 47.2. The van der Waals surface area contributed by atoms with Crippen molar-refractivity contribution in [1.82, 2.24) is 47.9 Å². The van der Waals surface area contributed by atoms with E-state index in [9.17, 15) is 50.3 Å². The van der Waals surface area contributed by atoms with Crippen LogP contribution in [0.3, 0.4) is 0 Å². The number of amides is 10. The predicted molar refractivity (Wildman–Crippen MR) is 191 cm³/mol. The minimum absolute atomic E-state index is 0.00113. The molecule has 21 heteroatoms. The summed E-state index contributed by atoms with van der Waals surface area (Å²) in [5, 5.41) is 25.7. The quantitative estimate of drug-likeness (QED) is 0.103. The molecular weight excluding hydrogens is 730 g/mol. The zero-order chi connectivity index (χ0) is 41.4. The van der Waals surface area contributed by atoms with Gasteiger partial charge in [-0.25, -0.2) is 24.0 Å². The molecule has 0 saturated carbocycles. The van der Waals surface area contributed by atoms with Crippen LogP contribution in [0, 0.1) is 17.8 Å². The van der Waals surface area contributed by atoms with Crippen LogP contribution in [0.5, 0.6) is 0 Å². The van der Waals surface area contributed by atoms with E-state index in [4.69, 9.17) is 0 Å². The van der Waals surface area contributed by atoms with E-state index < -0.39 is 71.4 Å². The van der Waals surface area contributed by atoms with Gasteiger partial charge in [-0.05, 0) is 49.3 Å². The summed E-state index contributed by atoms with van der Waals surface area (Å²) in [6, 6.07) is -4.64. The van der Waals surface area contributed by atoms with Gasteiger partial charge in [-0.15, -0.1) is 0 Å². The number of rotatable bonds is 17. The average Bonchev–Trinajstić information content (AvgIpc) is 3.04. The standard InChI is InChI=1S/C33H54F6N10O5/c1-17(2)9-24(14-42-30(53)48-25(18(3)4)15-43-27(50)40-8)47-29(52)41-13-20(7)45-28(51)44-16-26(19(5)6)49-31(54)46-23-11-21(32(34,35)36)10-22(12-23)33(37,38)39/h10-12,17-20,24-26H,9,13-16H2,1-8H3,(H2,40,43,50)(H2,41,47,52)(H2,42,48,53)(H2,44,45,51)(H2,46,49,54)/t20-,24-,25+,26+/m0/s1. The van der Waals surface area contributed by atoms with Crippen molar-refractivity contribution in [3.8, 4) is 0 Å². The maximum atomic E-state index is 13.2. The molecule has 0 saturated heterocycles. The Balaban J connectivity index is 2.65. The van der Waals surface area contributed by atoms with E-state index in [1.165, 1.54) is 7.05 Å². The van der Waals surface area contributed by atoms with E-state index in [0.717, 1.165) is 0 Å². The highest BCUT2D eigenvalue weighted by molar-refractivity contribution is 5.89. The number of alkyl halides is 6. The number of carbonyl (C=O) groups excluding carboxylic acids is 5. The third-order valence-electron chi connectivity index (χ3n) is 7.83. The molecule has 10 amide bonds. The fourth-order valence-corrected chi connectivity index (χ4v) is 4.77. The van der Waals surface area contributed by atoms with Crippen molar-refractivity contribution >= 4 is 35.8 Å². The molecule has 0 aromatic heterocycles. The van der Waals surface area contributed by atoms with Gasteiger partial charge in [0, 0.05) is 51.0 Å². The van der Waals surface area contributed by atoms with Gasteiger partial charge in [0.15, 0.2) is 0 Å². The molecule has 15 nitrogen and oxygen atoms in total. The Labute approximate surface area is 311 Å². The fraction of sp³-hybridized carbons (Fsp3) is 0.667. The van der Waals surface area contributed by atoms with Crippen molar-refractivity contribution in [3.05, 3.63) is 29.3 Å². The maximum absolute atomic E-state index is 13.2. The van der Waals surface area contributed by atoms with E-state index in [1.54, 1.807) is 20.8 Å². The van der Waals surface area contributed by atoms with Crippen LogP contribution in [-0.2, 0) is 12.4 Å². The largest absolute Gasteiger partial charge is 0.416 e. The number of carbonyl (C=O) groups is 5. The van der Waals surface area contributed by atoms with Gasteiger partial charge in [0.2, 0.25) is 0 Å². The lowest BCUT2D eigenvalue weighted by atomic mass is 10.0. The zero-order valence-electron chi connectivity index (χ0n) is 31.6. The van der Waals surface area contributed by atoms with E-state index in [0.29, 0.717) is 18.6 Å². The lowest BCUT2D eigenvalue weighted by Gasteiger charge is -2.25. The monoisotopic (exact) mass is 784 g/mol. The van der Waals surface area contributed by atoms with Crippen molar-refractivity contribution < 1.29 is 50.3 Å². The zero-order valence-corrected chi connectivity index (χ0v) is 31.6. The van der Waals surface area contributed by atoms with Gasteiger partial charge in [0.1, 0.15) is 0 Å². The summed E-state index contributed by atoms with van der Waals surface area (Å²) in [6.07, 6.45) is -9.65. The first-order valence-corrected chi connectivity index (χ1v) is 17.4. The number of anilines is 1. The third kappa shape index (κ3) is 18.8. The highest BCUT2D eigenvalue weighted by Crippen LogP contribution is 2.37. The van der Waals surface area contributed by atoms with Gasteiger partial charge in [-0.2, -0.15) is 26.3 Å². The Morgan fingerprint density at radius 2 is 0.981 bits per heavy atom. The number of nitrogens with one attached hydrogen (secondary N) is 10. The molecule has 4 atom stereocenters. The summed E-state index contributed by atoms with van der Waals surface area (Å²) in [5.41, 5.74) is -3.91. The molecule has 1 aromatic rings. The minimum atomic E-state index is -5.09. The minimum Gasteiger partial charge on any atom is -0.341 e. The SMILES string of the molecule is CNC(=O)NC[C@@H](NC(=O)NC[C@H](CC(C)C)NC(=O)NC[C@H](C)NC(=O)NC[C@@H](NC(=O)Nc1cc(C(F)(F)F)cc(C(F)(F)F)c1)C(C)C)C(C)C. The van der Waals surface area contributed by atoms with Crippen LogP contribution >= 0.6 is 0 Å². The van der Waals surface area contributed by atoms with Crippen molar-refractivity contribution in [2.24, 2.45) is 17.8 Å². The van der Waals surface area contributed by atoms with Gasteiger partial charge in [-0.1, -0.05) is 41.5 Å². The Morgan fingerprint density at radius 3 is 1.44 bits per heavy atom. The Morgan fingerprint density at radius 1 is 0.556 bits per heavy atom. The van der Waals surface area contributed by atoms with Gasteiger partial charge in [0.25, 0.3) is 0 Å². The first-order chi connectivity index (χ1) is 24.9. The molecule has 10 N–H and O–H groups in total. The molecule has 1 aromatic carbocycles. The molecule has 0 aliphatic carbocycles. The van der Waals surface area contributed by atoms with Crippen LogP contribution in [0.4, 0.5) is 56.0 Å². The van der Waals surface area contributed by atoms with Gasteiger partial charge in [-0.3, -0.25) is 0 Å². The first-order valence-electron chi connectivity index (χ1n) is 17.4. The van der Waals surface area contributed by atoms with Gasteiger partial charge < -0.3 is 53.2 Å². The topological polar surface area (TPSA) is 206 Å². The van der Waals surface area contributed by atoms with Crippen molar-refractivity contribution in [2.45, 2.75) is 91.4 Å². The predicted octanol–water partition coefficient (Wildman–Crippen LogP) is 4.52. The summed E-state index contributed by atoms with van der Waals surface area (Å²) < 4.78 is 79.1. The van der Waals surface area contributed by atoms with Crippen LogP contribution in [0.2, 0.25) is 0 Å². The molecule has 0 heterocycles. The lowest BCUT2D eigenvalue weighted by Crippen LogP contribution is -2.55. The van der Waals surface area contributed by atoms with Gasteiger partial charge in [0.05, 0.1) is 23.2 Å². The van der Waals surface area contributed by atoms with E-state index >= 15 is 0 Å². The fourth-order valence-electron chi connectivity index (χ4n) is 4.77. The number of urea groups is 5. The summed E-state index contributed by atoms with van der Waals surface area (Å²) in [6.45, 7) is 12.8. The van der Waals surface area contributed by atoms with Crippen LogP contribution in [0.1, 0.15) is 66.0 Å². The maximum Gasteiger partial charge on any atom is 0.416 e. The number of halogens is 6. The van der Waals surface area contributed by atoms with E-state index in [1.807, 2.05) is 33.0 Å². The molecule has 0 unspecified atom stereocenters. The van der Waals surface area contributed by atoms with Crippen LogP contribution in [0.15, 0.2) is 18.2 Å². The van der Waals surface area contributed by atoms with E-state index in [2.05, 4.69) is 47.9 Å². The second-order valence-electron chi connectivity index (χ2n) is 13.8. The van der Waals surface area contributed by atoms with Crippen molar-refractivity contribution in [2.75, 3.05) is 38.5 Å². The summed E-state index contributed by atoms with van der Waals surface area (Å²) in [7, 11) is 1.48. The van der Waals surface area contributed by atoms with Crippen molar-refractivity contribution in [3.63, 3.8) is 0 Å². The Hall–Kier alpha value is -4.85. The summed E-state index contributed by atoms with van der Waals surface area (Å²) >= 11 is 0. The van der Waals surface area contributed by atoms with Gasteiger partial charge >= 0.3 is 42.5 Å². The Kier molecular flexibility index (Phi) is 19.0. The molecule has 0 fully saturated rings. The molecule has 0 bridgehead atoms. The normalized spacial score (nSPS) is 13.9. The molecule has 0 aliphatic heterocycles. The van der Waals surface area contributed by atoms with Crippen LogP contribution < -0.4 is 53.2 Å². The smallest absolute Gasteiger partial charge is 0.341 e. The van der Waals surface area contributed by atoms with Crippen LogP contribution in [-0.4, -0.2) is 87.5 Å². The highest BCUT2D eigenvalue weighted by atomic mass is 19.4. The number of benzene rings is 1. The molecule has 0 spiro atoms. The summed E-state index contributed by atoms with van der Waals surface area (Å²) in [4.78, 5) is 61.9. The molecule has 54 heavy (non-hydrogen) atoms. The Bertz CT molecular complexity index is 1360.